The van der Waals surface area contributed by atoms with Crippen LogP contribution in [0.1, 0.15) is 18.9 Å². The summed E-state index contributed by atoms with van der Waals surface area (Å²) >= 11 is 0. The number of benzene rings is 1. The minimum Gasteiger partial charge on any atom is -0.481 e. The first kappa shape index (κ1) is 16.5. The van der Waals surface area contributed by atoms with Gasteiger partial charge in [-0.1, -0.05) is 35.9 Å². The summed E-state index contributed by atoms with van der Waals surface area (Å²) in [5.74, 6) is -2.06. The molecule has 1 aromatic rings. The molecule has 1 aliphatic rings. The molecule has 1 aliphatic carbocycles. The first-order valence-electron chi connectivity index (χ1n) is 6.42. The molecule has 2 rings (SSSR count). The summed E-state index contributed by atoms with van der Waals surface area (Å²) in [6, 6.07) is 7.79. The number of hydrogen-bond acceptors (Lipinski definition) is 3. The highest BCUT2D eigenvalue weighted by molar-refractivity contribution is 5.90. The van der Waals surface area contributed by atoms with E-state index in [-0.39, 0.29) is 12.0 Å². The van der Waals surface area contributed by atoms with Crippen LogP contribution in [0.4, 0.5) is 5.69 Å². The topological polar surface area (TPSA) is 101 Å². The monoisotopic (exact) mass is 289 g/mol. The average molecular weight is 289 g/mol. The number of nitrogen functional groups attached to an aromatic ring is 1. The summed E-state index contributed by atoms with van der Waals surface area (Å²) < 4.78 is 0. The summed E-state index contributed by atoms with van der Waals surface area (Å²) in [4.78, 5) is 21.3. The molecule has 112 valence electrons. The second-order valence-electron chi connectivity index (χ2n) is 5.17. The lowest BCUT2D eigenvalue weighted by Crippen LogP contribution is -2.28. The standard InChI is InChI=1S/C9H10O4.C7H9N/c1-9(8(12)13)4-2-3-6(5-9)7(10)11;1-6-2-4-7(8)5-3-6/h2-4H,5H2,1H3,(H,10,11)(H,12,13);2-5H,8H2,1H3. The lowest BCUT2D eigenvalue weighted by Gasteiger charge is -2.23. The normalized spacial score (nSPS) is 20.0. The minimum absolute atomic E-state index is 0.0359. The molecule has 0 aliphatic heterocycles. The number of nitrogens with two attached hydrogens (primary N) is 1. The highest BCUT2D eigenvalue weighted by Gasteiger charge is 2.34. The van der Waals surface area contributed by atoms with Gasteiger partial charge in [0.05, 0.1) is 5.41 Å². The Kier molecular flexibility index (Phi) is 5.30. The van der Waals surface area contributed by atoms with Crippen LogP contribution in [0.25, 0.3) is 0 Å². The van der Waals surface area contributed by atoms with Crippen LogP contribution in [0.2, 0.25) is 0 Å². The van der Waals surface area contributed by atoms with E-state index in [2.05, 4.69) is 0 Å². The Balaban J connectivity index is 0.000000235. The lowest BCUT2D eigenvalue weighted by molar-refractivity contribution is -0.145. The number of hydrogen-bond donors (Lipinski definition) is 3. The Morgan fingerprint density at radius 2 is 1.76 bits per heavy atom. The summed E-state index contributed by atoms with van der Waals surface area (Å²) in [6.07, 6.45) is 4.43. The Bertz CT molecular complexity index is 566. The molecule has 5 nitrogen and oxygen atoms in total. The Hall–Kier alpha value is -2.56. The van der Waals surface area contributed by atoms with Crippen molar-refractivity contribution in [3.8, 4) is 0 Å². The van der Waals surface area contributed by atoms with Gasteiger partial charge in [-0.05, 0) is 32.4 Å². The fourth-order valence-corrected chi connectivity index (χ4v) is 1.75. The fraction of sp³-hybridized carbons (Fsp3) is 0.250. The molecule has 5 heteroatoms. The zero-order valence-electron chi connectivity index (χ0n) is 12.0. The van der Waals surface area contributed by atoms with Crippen LogP contribution in [0.5, 0.6) is 0 Å². The van der Waals surface area contributed by atoms with Crippen molar-refractivity contribution in [2.75, 3.05) is 5.73 Å². The number of carboxylic acid groups (broad SMARTS) is 2. The molecular weight excluding hydrogens is 270 g/mol. The molecule has 0 saturated heterocycles. The van der Waals surface area contributed by atoms with Gasteiger partial charge < -0.3 is 15.9 Å². The second-order valence-corrected chi connectivity index (χ2v) is 5.17. The number of carboxylic acids is 2. The van der Waals surface area contributed by atoms with Crippen molar-refractivity contribution in [1.29, 1.82) is 0 Å². The first-order valence-corrected chi connectivity index (χ1v) is 6.42. The zero-order valence-corrected chi connectivity index (χ0v) is 12.0. The van der Waals surface area contributed by atoms with Crippen LogP contribution >= 0.6 is 0 Å². The molecular formula is C16H19NO4. The SMILES string of the molecule is CC1(C(=O)O)C=CC=C(C(=O)O)C1.Cc1ccc(N)cc1. The van der Waals surface area contributed by atoms with Gasteiger partial charge in [-0.3, -0.25) is 4.79 Å². The molecule has 1 unspecified atom stereocenters. The van der Waals surface area contributed by atoms with E-state index in [0.717, 1.165) is 5.69 Å². The predicted molar refractivity (Wildman–Crippen MR) is 80.8 cm³/mol. The van der Waals surface area contributed by atoms with E-state index in [0.29, 0.717) is 0 Å². The van der Waals surface area contributed by atoms with E-state index in [4.69, 9.17) is 15.9 Å². The molecule has 1 atom stereocenters. The van der Waals surface area contributed by atoms with Gasteiger partial charge in [-0.15, -0.1) is 0 Å². The van der Waals surface area contributed by atoms with Gasteiger partial charge in [0.2, 0.25) is 0 Å². The van der Waals surface area contributed by atoms with Crippen LogP contribution in [0.3, 0.4) is 0 Å². The van der Waals surface area contributed by atoms with E-state index in [1.165, 1.54) is 30.7 Å². The average Bonchev–Trinajstić information content (AvgIpc) is 2.43. The third-order valence-electron chi connectivity index (χ3n) is 3.16. The number of aryl methyl sites for hydroxylation is 1. The van der Waals surface area contributed by atoms with Crippen molar-refractivity contribution in [1.82, 2.24) is 0 Å². The van der Waals surface area contributed by atoms with E-state index < -0.39 is 17.4 Å². The quantitative estimate of drug-likeness (QED) is 0.726. The van der Waals surface area contributed by atoms with Crippen molar-refractivity contribution < 1.29 is 19.8 Å². The van der Waals surface area contributed by atoms with Crippen molar-refractivity contribution in [2.45, 2.75) is 20.3 Å². The second kappa shape index (κ2) is 6.74. The maximum atomic E-state index is 10.8. The zero-order chi connectivity index (χ0) is 16.0. The maximum Gasteiger partial charge on any atom is 0.331 e. The highest BCUT2D eigenvalue weighted by atomic mass is 16.4. The van der Waals surface area contributed by atoms with Crippen LogP contribution < -0.4 is 5.73 Å². The Labute approximate surface area is 123 Å². The van der Waals surface area contributed by atoms with Crippen LogP contribution in [0, 0.1) is 12.3 Å². The summed E-state index contributed by atoms with van der Waals surface area (Å²) in [5, 5.41) is 17.5. The van der Waals surface area contributed by atoms with E-state index in [9.17, 15) is 9.59 Å². The molecule has 0 spiro atoms. The number of anilines is 1. The first-order chi connectivity index (χ1) is 9.74. The van der Waals surface area contributed by atoms with E-state index in [1.54, 1.807) is 0 Å². The minimum atomic E-state index is -1.08. The molecule has 0 bridgehead atoms. The summed E-state index contributed by atoms with van der Waals surface area (Å²) in [6.45, 7) is 3.54. The lowest BCUT2D eigenvalue weighted by atomic mass is 9.80. The van der Waals surface area contributed by atoms with Crippen molar-refractivity contribution >= 4 is 17.6 Å². The van der Waals surface area contributed by atoms with Gasteiger partial charge in [0.15, 0.2) is 0 Å². The van der Waals surface area contributed by atoms with Gasteiger partial charge in [-0.2, -0.15) is 0 Å². The summed E-state index contributed by atoms with van der Waals surface area (Å²) in [5.41, 5.74) is 6.56. The Morgan fingerprint density at radius 1 is 1.19 bits per heavy atom. The molecule has 0 heterocycles. The third kappa shape index (κ3) is 4.80. The van der Waals surface area contributed by atoms with Gasteiger partial charge >= 0.3 is 11.9 Å². The smallest absolute Gasteiger partial charge is 0.331 e. The number of rotatable bonds is 2. The highest BCUT2D eigenvalue weighted by Crippen LogP contribution is 2.31. The number of aliphatic carboxylic acids is 2. The number of allylic oxidation sites excluding steroid dienone is 2. The maximum absolute atomic E-state index is 10.8. The number of carbonyl (C=O) groups is 2. The molecule has 0 amide bonds. The van der Waals surface area contributed by atoms with E-state index in [1.807, 2.05) is 31.2 Å². The fourth-order valence-electron chi connectivity index (χ4n) is 1.75. The predicted octanol–water partition coefficient (Wildman–Crippen LogP) is 2.63. The van der Waals surface area contributed by atoms with Crippen LogP contribution in [-0.2, 0) is 9.59 Å². The van der Waals surface area contributed by atoms with Crippen molar-refractivity contribution in [3.63, 3.8) is 0 Å². The molecule has 4 N–H and O–H groups in total. The van der Waals surface area contributed by atoms with Crippen molar-refractivity contribution in [2.24, 2.45) is 5.41 Å². The summed E-state index contributed by atoms with van der Waals surface area (Å²) in [7, 11) is 0. The molecule has 0 saturated carbocycles. The van der Waals surface area contributed by atoms with Crippen LogP contribution in [0.15, 0.2) is 48.1 Å². The third-order valence-corrected chi connectivity index (χ3v) is 3.16. The van der Waals surface area contributed by atoms with Gasteiger partial charge in [0, 0.05) is 11.3 Å². The molecule has 21 heavy (non-hydrogen) atoms. The molecule has 0 aromatic heterocycles. The Morgan fingerprint density at radius 3 is 2.19 bits per heavy atom. The molecule has 0 fully saturated rings. The van der Waals surface area contributed by atoms with Crippen LogP contribution in [-0.4, -0.2) is 22.2 Å². The van der Waals surface area contributed by atoms with Gasteiger partial charge in [0.25, 0.3) is 0 Å². The van der Waals surface area contributed by atoms with Gasteiger partial charge in [0.1, 0.15) is 0 Å². The molecule has 0 radical (unpaired) electrons. The molecule has 1 aromatic carbocycles. The largest absolute Gasteiger partial charge is 0.481 e. The van der Waals surface area contributed by atoms with Crippen molar-refractivity contribution in [3.05, 3.63) is 53.6 Å². The van der Waals surface area contributed by atoms with E-state index >= 15 is 0 Å². The van der Waals surface area contributed by atoms with Gasteiger partial charge in [-0.25, -0.2) is 4.79 Å².